The largest absolute Gasteiger partial charge is 0.493 e. The Balaban J connectivity index is 2.04. The number of hydrogen-bond acceptors (Lipinski definition) is 7. The Hall–Kier alpha value is -3.04. The quantitative estimate of drug-likeness (QED) is 0.577. The molecular weight excluding hydrogens is 399 g/mol. The van der Waals surface area contributed by atoms with Gasteiger partial charge in [-0.15, -0.1) is 0 Å². The van der Waals surface area contributed by atoms with E-state index in [4.69, 9.17) is 18.9 Å². The molecule has 8 nitrogen and oxygen atoms in total. The molecule has 2 atom stereocenters. The van der Waals surface area contributed by atoms with E-state index in [-0.39, 0.29) is 12.3 Å². The van der Waals surface area contributed by atoms with Gasteiger partial charge in [-0.2, -0.15) is 0 Å². The standard InChI is InChI=1S/C22H26BN2O6/c1-25(23-30-4)18-12-14-5-8-16(9-6-14)31-20-13-15(7-10-19(20)28-2)11-17(22(27)29-3)24-21(18)26/h5-10,13,17-18H,11-12H2,1-4H3,(H,24,26)/t17-,18-/m0/s1. The lowest BCUT2D eigenvalue weighted by atomic mass is 9.98. The molecule has 9 heteroatoms. The topological polar surface area (TPSA) is 86.3 Å². The Morgan fingerprint density at radius 1 is 1.10 bits per heavy atom. The normalized spacial score (nSPS) is 18.5. The Labute approximate surface area is 182 Å². The van der Waals surface area contributed by atoms with Crippen molar-refractivity contribution in [3.8, 4) is 17.2 Å². The minimum atomic E-state index is -0.860. The molecule has 2 aliphatic heterocycles. The summed E-state index contributed by atoms with van der Waals surface area (Å²) in [7, 11) is 7.59. The van der Waals surface area contributed by atoms with Gasteiger partial charge in [0.1, 0.15) is 11.8 Å². The van der Waals surface area contributed by atoms with Crippen molar-refractivity contribution in [3.63, 3.8) is 0 Å². The van der Waals surface area contributed by atoms with Crippen molar-refractivity contribution >= 4 is 19.5 Å². The summed E-state index contributed by atoms with van der Waals surface area (Å²) in [6.07, 6.45) is 0.645. The lowest BCUT2D eigenvalue weighted by molar-refractivity contribution is -0.145. The van der Waals surface area contributed by atoms with Crippen molar-refractivity contribution in [2.75, 3.05) is 28.4 Å². The first-order valence-electron chi connectivity index (χ1n) is 9.85. The van der Waals surface area contributed by atoms with Crippen LogP contribution in [0.3, 0.4) is 0 Å². The van der Waals surface area contributed by atoms with Gasteiger partial charge in [0.05, 0.1) is 20.3 Å². The Morgan fingerprint density at radius 3 is 2.45 bits per heavy atom. The van der Waals surface area contributed by atoms with Crippen LogP contribution < -0.4 is 14.8 Å². The highest BCUT2D eigenvalue weighted by Crippen LogP contribution is 2.33. The molecule has 0 unspecified atom stereocenters. The average molecular weight is 425 g/mol. The number of benzene rings is 2. The minimum Gasteiger partial charge on any atom is -0.493 e. The van der Waals surface area contributed by atoms with E-state index in [1.807, 2.05) is 30.3 Å². The number of carbonyl (C=O) groups excluding carboxylic acids is 2. The number of methoxy groups -OCH3 is 2. The maximum atomic E-state index is 13.2. The number of likely N-dealkylation sites (N-methyl/N-ethyl adjacent to an activating group) is 1. The maximum absolute atomic E-state index is 13.2. The third-order valence-corrected chi connectivity index (χ3v) is 5.12. The predicted octanol–water partition coefficient (Wildman–Crippen LogP) is 1.72. The van der Waals surface area contributed by atoms with Gasteiger partial charge in [0, 0.05) is 13.5 Å². The van der Waals surface area contributed by atoms with Gasteiger partial charge in [-0.3, -0.25) is 4.79 Å². The summed E-state index contributed by atoms with van der Waals surface area (Å²) >= 11 is 0. The molecule has 0 aromatic heterocycles. The average Bonchev–Trinajstić information content (AvgIpc) is 2.77. The highest BCUT2D eigenvalue weighted by molar-refractivity contribution is 6.24. The van der Waals surface area contributed by atoms with Crippen LogP contribution in [-0.2, 0) is 31.8 Å². The van der Waals surface area contributed by atoms with Crippen LogP contribution in [0.2, 0.25) is 0 Å². The second kappa shape index (κ2) is 10.3. The first-order valence-corrected chi connectivity index (χ1v) is 9.85. The van der Waals surface area contributed by atoms with E-state index in [0.717, 1.165) is 11.1 Å². The Kier molecular flexibility index (Phi) is 7.54. The zero-order chi connectivity index (χ0) is 22.4. The maximum Gasteiger partial charge on any atom is 0.399 e. The first-order chi connectivity index (χ1) is 14.9. The van der Waals surface area contributed by atoms with E-state index in [9.17, 15) is 9.59 Å². The van der Waals surface area contributed by atoms with E-state index in [2.05, 4.69) is 5.32 Å². The zero-order valence-corrected chi connectivity index (χ0v) is 18.1. The van der Waals surface area contributed by atoms with Crippen LogP contribution in [-0.4, -0.2) is 64.8 Å². The molecule has 0 spiro atoms. The number of nitrogens with one attached hydrogen (secondary N) is 1. The third kappa shape index (κ3) is 5.56. The number of hydrogen-bond donors (Lipinski definition) is 1. The molecule has 4 rings (SSSR count). The van der Waals surface area contributed by atoms with Crippen molar-refractivity contribution in [3.05, 3.63) is 53.6 Å². The van der Waals surface area contributed by atoms with Gasteiger partial charge in [-0.1, -0.05) is 18.2 Å². The molecule has 1 N–H and O–H groups in total. The van der Waals surface area contributed by atoms with Crippen molar-refractivity contribution in [2.45, 2.75) is 24.9 Å². The third-order valence-electron chi connectivity index (χ3n) is 5.12. The fourth-order valence-electron chi connectivity index (χ4n) is 3.47. The molecule has 0 aliphatic carbocycles. The molecule has 1 radical (unpaired) electrons. The predicted molar refractivity (Wildman–Crippen MR) is 115 cm³/mol. The number of carbonyl (C=O) groups is 2. The number of amides is 1. The van der Waals surface area contributed by atoms with Crippen LogP contribution >= 0.6 is 0 Å². The van der Waals surface area contributed by atoms with E-state index in [1.165, 1.54) is 21.8 Å². The number of fused-ring (bicyclic) bond motifs is 7. The SMILES string of the molecule is CO[B]N(C)[C@H]1Cc2ccc(cc2)Oc2cc(ccc2OC)C[C@@H](C(=O)OC)NC1=O. The van der Waals surface area contributed by atoms with Gasteiger partial charge in [-0.05, 0) is 48.9 Å². The van der Waals surface area contributed by atoms with Crippen molar-refractivity contribution in [2.24, 2.45) is 0 Å². The van der Waals surface area contributed by atoms with E-state index < -0.39 is 18.1 Å². The summed E-state index contributed by atoms with van der Waals surface area (Å²) in [5.41, 5.74) is 1.71. The molecule has 0 saturated carbocycles. The van der Waals surface area contributed by atoms with Crippen molar-refractivity contribution in [1.82, 2.24) is 10.1 Å². The number of nitrogens with zero attached hydrogens (tertiary/aromatic N) is 1. The van der Waals surface area contributed by atoms with Crippen LogP contribution in [0, 0.1) is 0 Å². The van der Waals surface area contributed by atoms with Crippen LogP contribution in [0.1, 0.15) is 11.1 Å². The smallest absolute Gasteiger partial charge is 0.399 e. The molecule has 2 heterocycles. The summed E-state index contributed by atoms with van der Waals surface area (Å²) in [4.78, 5) is 27.3. The van der Waals surface area contributed by atoms with Gasteiger partial charge >= 0.3 is 13.6 Å². The summed E-state index contributed by atoms with van der Waals surface area (Å²) < 4.78 is 21.4. The molecule has 4 bridgehead atoms. The monoisotopic (exact) mass is 425 g/mol. The minimum absolute atomic E-state index is 0.237. The van der Waals surface area contributed by atoms with Crippen LogP contribution in [0.5, 0.6) is 17.2 Å². The molecule has 2 aromatic carbocycles. The molecule has 2 aliphatic rings. The number of rotatable bonds is 5. The van der Waals surface area contributed by atoms with Crippen LogP contribution in [0.4, 0.5) is 0 Å². The van der Waals surface area contributed by atoms with Crippen LogP contribution in [0.25, 0.3) is 0 Å². The van der Waals surface area contributed by atoms with Crippen molar-refractivity contribution < 1.29 is 28.5 Å². The Bertz CT molecular complexity index is 921. The molecule has 31 heavy (non-hydrogen) atoms. The molecule has 163 valence electrons. The van der Waals surface area contributed by atoms with E-state index in [1.54, 1.807) is 31.1 Å². The fourth-order valence-corrected chi connectivity index (χ4v) is 3.47. The second-order valence-electron chi connectivity index (χ2n) is 7.25. The molecule has 0 saturated heterocycles. The first kappa shape index (κ1) is 22.6. The fraction of sp³-hybridized carbons (Fsp3) is 0.364. The van der Waals surface area contributed by atoms with E-state index >= 15 is 0 Å². The molecule has 1 amide bonds. The van der Waals surface area contributed by atoms with Gasteiger partial charge < -0.3 is 29.0 Å². The summed E-state index contributed by atoms with van der Waals surface area (Å²) in [5.74, 6) is 0.887. The highest BCUT2D eigenvalue weighted by Gasteiger charge is 2.30. The van der Waals surface area contributed by atoms with E-state index in [0.29, 0.717) is 23.7 Å². The Morgan fingerprint density at radius 2 is 1.81 bits per heavy atom. The second-order valence-corrected chi connectivity index (χ2v) is 7.25. The van der Waals surface area contributed by atoms with Crippen molar-refractivity contribution in [1.29, 1.82) is 0 Å². The lowest BCUT2D eigenvalue weighted by Crippen LogP contribution is -2.53. The molecular formula is C22H26BN2O6. The highest BCUT2D eigenvalue weighted by atomic mass is 16.5. The van der Waals surface area contributed by atoms with Gasteiger partial charge in [-0.25, -0.2) is 4.79 Å². The summed E-state index contributed by atoms with van der Waals surface area (Å²) in [6.45, 7) is 0. The summed E-state index contributed by atoms with van der Waals surface area (Å²) in [6, 6.07) is 11.4. The van der Waals surface area contributed by atoms with Gasteiger partial charge in [0.2, 0.25) is 5.91 Å². The lowest BCUT2D eigenvalue weighted by Gasteiger charge is -2.28. The summed E-state index contributed by atoms with van der Waals surface area (Å²) in [5, 5.41) is 2.84. The van der Waals surface area contributed by atoms with Crippen LogP contribution in [0.15, 0.2) is 42.5 Å². The molecule has 2 aromatic rings. The van der Waals surface area contributed by atoms with Gasteiger partial charge in [0.25, 0.3) is 0 Å². The van der Waals surface area contributed by atoms with Gasteiger partial charge in [0.15, 0.2) is 11.5 Å². The molecule has 0 fully saturated rings. The number of ether oxygens (including phenoxy) is 3. The number of esters is 1. The zero-order valence-electron chi connectivity index (χ0n) is 18.1.